The molecule has 1 aromatic heterocycles. The van der Waals surface area contributed by atoms with Crippen LogP contribution in [0.5, 0.6) is 0 Å². The van der Waals surface area contributed by atoms with Crippen LogP contribution in [0.15, 0.2) is 40.8 Å². The third kappa shape index (κ3) is 2.27. The van der Waals surface area contributed by atoms with Crippen molar-refractivity contribution < 1.29 is 22.0 Å². The largest absolute Gasteiger partial charge is 0.456 e. The Labute approximate surface area is 116 Å². The molecule has 0 saturated heterocycles. The molecule has 0 aliphatic carbocycles. The molecule has 108 valence electrons. The monoisotopic (exact) mass is 295 g/mol. The van der Waals surface area contributed by atoms with Crippen LogP contribution in [-0.4, -0.2) is 0 Å². The van der Waals surface area contributed by atoms with E-state index in [4.69, 9.17) is 10.2 Å². The second kappa shape index (κ2) is 4.89. The molecule has 21 heavy (non-hydrogen) atoms. The molecule has 2 N–H and O–H groups in total. The molecule has 0 aliphatic heterocycles. The van der Waals surface area contributed by atoms with E-state index in [1.807, 2.05) is 0 Å². The molecule has 3 rings (SSSR count). The number of hydrogen-bond donors (Lipinski definition) is 1. The van der Waals surface area contributed by atoms with Gasteiger partial charge >= 0.3 is 0 Å². The van der Waals surface area contributed by atoms with Crippen LogP contribution in [0.3, 0.4) is 0 Å². The van der Waals surface area contributed by atoms with Crippen LogP contribution in [0.2, 0.25) is 0 Å². The topological polar surface area (TPSA) is 39.2 Å². The molecular formula is C15H9F4NO. The summed E-state index contributed by atoms with van der Waals surface area (Å²) in [5, 5.41) is 0.475. The number of furan rings is 1. The molecule has 2 nitrogen and oxygen atoms in total. The van der Waals surface area contributed by atoms with Gasteiger partial charge in [0, 0.05) is 5.39 Å². The predicted molar refractivity (Wildman–Crippen MR) is 68.5 cm³/mol. The van der Waals surface area contributed by atoms with E-state index in [9.17, 15) is 17.6 Å². The Hall–Kier alpha value is -2.34. The Morgan fingerprint density at radius 1 is 0.905 bits per heavy atom. The first kappa shape index (κ1) is 13.6. The number of halogens is 4. The highest BCUT2D eigenvalue weighted by Crippen LogP contribution is 2.29. The van der Waals surface area contributed by atoms with Crippen molar-refractivity contribution in [1.29, 1.82) is 0 Å². The first-order valence-corrected chi connectivity index (χ1v) is 6.05. The lowest BCUT2D eigenvalue weighted by atomic mass is 10.0. The average Bonchev–Trinajstić information content (AvgIpc) is 2.89. The summed E-state index contributed by atoms with van der Waals surface area (Å²) in [6.07, 6.45) is 0. The molecule has 6 heteroatoms. The van der Waals surface area contributed by atoms with Crippen molar-refractivity contribution in [2.75, 3.05) is 0 Å². The van der Waals surface area contributed by atoms with Gasteiger partial charge in [-0.3, -0.25) is 0 Å². The van der Waals surface area contributed by atoms with Crippen molar-refractivity contribution >= 4 is 11.0 Å². The fraction of sp³-hybridized carbons (Fsp3) is 0.0667. The number of para-hydroxylation sites is 1. The minimum absolute atomic E-state index is 0.00556. The van der Waals surface area contributed by atoms with E-state index in [0.29, 0.717) is 5.39 Å². The molecule has 1 atom stereocenters. The van der Waals surface area contributed by atoms with Gasteiger partial charge < -0.3 is 10.2 Å². The molecule has 0 spiro atoms. The van der Waals surface area contributed by atoms with Crippen LogP contribution in [0.25, 0.3) is 11.0 Å². The highest BCUT2D eigenvalue weighted by Gasteiger charge is 2.19. The predicted octanol–water partition coefficient (Wildman–Crippen LogP) is 4.04. The molecule has 0 bridgehead atoms. The fourth-order valence-electron chi connectivity index (χ4n) is 2.12. The summed E-state index contributed by atoms with van der Waals surface area (Å²) < 4.78 is 58.2. The summed E-state index contributed by atoms with van der Waals surface area (Å²) in [7, 11) is 0. The lowest BCUT2D eigenvalue weighted by molar-refractivity contribution is 0.442. The lowest BCUT2D eigenvalue weighted by Gasteiger charge is -2.09. The van der Waals surface area contributed by atoms with Gasteiger partial charge in [-0.1, -0.05) is 12.1 Å². The molecule has 0 radical (unpaired) electrons. The number of benzene rings is 2. The van der Waals surface area contributed by atoms with Crippen LogP contribution in [0.1, 0.15) is 17.4 Å². The van der Waals surface area contributed by atoms with Gasteiger partial charge in [-0.25, -0.2) is 17.6 Å². The number of nitrogens with two attached hydrogens (primary N) is 1. The van der Waals surface area contributed by atoms with E-state index in [1.54, 1.807) is 6.07 Å². The zero-order valence-electron chi connectivity index (χ0n) is 10.5. The number of fused-ring (bicyclic) bond motifs is 1. The standard InChI is InChI=1S/C15H9F4NO/c16-9-3-1-2-7-6-12(21-15(7)9)14(20)8-4-10(17)13(19)11(18)5-8/h1-6,14H,20H2. The summed E-state index contributed by atoms with van der Waals surface area (Å²) >= 11 is 0. The highest BCUT2D eigenvalue weighted by molar-refractivity contribution is 5.78. The summed E-state index contributed by atoms with van der Waals surface area (Å²) in [6.45, 7) is 0. The van der Waals surface area contributed by atoms with E-state index in [1.165, 1.54) is 18.2 Å². The molecule has 0 fully saturated rings. The van der Waals surface area contributed by atoms with Crippen molar-refractivity contribution in [2.24, 2.45) is 5.73 Å². The quantitative estimate of drug-likeness (QED) is 0.572. The highest BCUT2D eigenvalue weighted by atomic mass is 19.2. The van der Waals surface area contributed by atoms with Crippen molar-refractivity contribution in [1.82, 2.24) is 0 Å². The minimum Gasteiger partial charge on any atom is -0.456 e. The van der Waals surface area contributed by atoms with Gasteiger partial charge in [-0.2, -0.15) is 0 Å². The molecule has 2 aromatic carbocycles. The molecule has 0 amide bonds. The molecule has 1 unspecified atom stereocenters. The summed E-state index contributed by atoms with van der Waals surface area (Å²) in [5.74, 6) is -4.70. The lowest BCUT2D eigenvalue weighted by Crippen LogP contribution is -2.12. The van der Waals surface area contributed by atoms with Crippen LogP contribution in [-0.2, 0) is 0 Å². The number of rotatable bonds is 2. The van der Waals surface area contributed by atoms with Gasteiger partial charge in [0.25, 0.3) is 0 Å². The molecule has 0 saturated carbocycles. The Morgan fingerprint density at radius 2 is 1.57 bits per heavy atom. The fourth-order valence-corrected chi connectivity index (χ4v) is 2.12. The smallest absolute Gasteiger partial charge is 0.194 e. The Morgan fingerprint density at radius 3 is 2.19 bits per heavy atom. The zero-order valence-corrected chi connectivity index (χ0v) is 10.5. The van der Waals surface area contributed by atoms with Gasteiger partial charge in [-0.05, 0) is 29.8 Å². The van der Waals surface area contributed by atoms with E-state index >= 15 is 0 Å². The molecule has 3 aromatic rings. The van der Waals surface area contributed by atoms with E-state index in [0.717, 1.165) is 12.1 Å². The van der Waals surface area contributed by atoms with Crippen LogP contribution < -0.4 is 5.73 Å². The molecule has 1 heterocycles. The van der Waals surface area contributed by atoms with Gasteiger partial charge in [-0.15, -0.1) is 0 Å². The van der Waals surface area contributed by atoms with E-state index in [-0.39, 0.29) is 16.9 Å². The van der Waals surface area contributed by atoms with Gasteiger partial charge in [0.2, 0.25) is 0 Å². The van der Waals surface area contributed by atoms with Crippen LogP contribution in [0.4, 0.5) is 17.6 Å². The first-order valence-electron chi connectivity index (χ1n) is 6.05. The maximum Gasteiger partial charge on any atom is 0.194 e. The van der Waals surface area contributed by atoms with E-state index < -0.39 is 29.3 Å². The van der Waals surface area contributed by atoms with Crippen molar-refractivity contribution in [2.45, 2.75) is 6.04 Å². The second-order valence-electron chi connectivity index (χ2n) is 4.58. The number of hydrogen-bond acceptors (Lipinski definition) is 2. The Kier molecular flexibility index (Phi) is 3.17. The van der Waals surface area contributed by atoms with Gasteiger partial charge in [0.1, 0.15) is 5.76 Å². The van der Waals surface area contributed by atoms with Crippen molar-refractivity contribution in [3.63, 3.8) is 0 Å². The van der Waals surface area contributed by atoms with Gasteiger partial charge in [0.05, 0.1) is 6.04 Å². The first-order chi connectivity index (χ1) is 9.97. The summed E-state index contributed by atoms with van der Waals surface area (Å²) in [5.41, 5.74) is 5.84. The van der Waals surface area contributed by atoms with Gasteiger partial charge in [0.15, 0.2) is 28.9 Å². The second-order valence-corrected chi connectivity index (χ2v) is 4.58. The maximum absolute atomic E-state index is 13.5. The third-order valence-electron chi connectivity index (χ3n) is 3.19. The third-order valence-corrected chi connectivity index (χ3v) is 3.19. The molecular weight excluding hydrogens is 286 g/mol. The van der Waals surface area contributed by atoms with Crippen molar-refractivity contribution in [3.05, 3.63) is 71.0 Å². The maximum atomic E-state index is 13.5. The van der Waals surface area contributed by atoms with Crippen molar-refractivity contribution in [3.8, 4) is 0 Å². The average molecular weight is 295 g/mol. The molecule has 0 aliphatic rings. The minimum atomic E-state index is -1.57. The van der Waals surface area contributed by atoms with E-state index in [2.05, 4.69) is 0 Å². The Bertz CT molecular complexity index is 805. The normalized spacial score (nSPS) is 12.8. The van der Waals surface area contributed by atoms with Crippen LogP contribution >= 0.6 is 0 Å². The SMILES string of the molecule is NC(c1cc(F)c(F)c(F)c1)c1cc2cccc(F)c2o1. The van der Waals surface area contributed by atoms with Crippen LogP contribution in [0, 0.1) is 23.3 Å². The zero-order chi connectivity index (χ0) is 15.1. The Balaban J connectivity index is 2.08. The summed E-state index contributed by atoms with van der Waals surface area (Å²) in [4.78, 5) is 0. The summed E-state index contributed by atoms with van der Waals surface area (Å²) in [6, 6.07) is 6.34.